The van der Waals surface area contributed by atoms with E-state index in [2.05, 4.69) is 11.7 Å². The zero-order valence-electron chi connectivity index (χ0n) is 14.4. The Morgan fingerprint density at radius 3 is 2.88 bits per heavy atom. The van der Waals surface area contributed by atoms with Gasteiger partial charge in [-0.25, -0.2) is 0 Å². The number of Topliss-reactive ketones (excluding diaryl/α,β-unsaturated/α-hetero) is 1. The first-order valence-corrected chi connectivity index (χ1v) is 8.56. The van der Waals surface area contributed by atoms with Crippen LogP contribution >= 0.6 is 0 Å². The fourth-order valence-corrected chi connectivity index (χ4v) is 3.78. The van der Waals surface area contributed by atoms with Gasteiger partial charge in [0.25, 0.3) is 0 Å². The Hall–Kier alpha value is -1.95. The first-order valence-electron chi connectivity index (χ1n) is 8.56. The largest absolute Gasteiger partial charge is 0.373 e. The van der Waals surface area contributed by atoms with E-state index in [0.717, 1.165) is 31.4 Å². The number of ketones is 1. The molecule has 2 saturated heterocycles. The van der Waals surface area contributed by atoms with Crippen molar-refractivity contribution in [3.8, 4) is 0 Å². The SMILES string of the molecule is C=C(C)[C@H]1OCC[C@H]1C(=O)N1CCCC1CC(=O)c1cnn(C)c1. The number of hydrogen-bond acceptors (Lipinski definition) is 4. The molecule has 6 heteroatoms. The van der Waals surface area contributed by atoms with Gasteiger partial charge in [0.15, 0.2) is 5.78 Å². The third-order valence-corrected chi connectivity index (χ3v) is 5.00. The van der Waals surface area contributed by atoms with Gasteiger partial charge < -0.3 is 9.64 Å². The van der Waals surface area contributed by atoms with Gasteiger partial charge in [-0.1, -0.05) is 12.2 Å². The van der Waals surface area contributed by atoms with E-state index in [1.165, 1.54) is 0 Å². The number of aryl methyl sites for hydroxylation is 1. The predicted molar refractivity (Wildman–Crippen MR) is 89.6 cm³/mol. The third kappa shape index (κ3) is 3.29. The number of ether oxygens (including phenoxy) is 1. The van der Waals surface area contributed by atoms with Crippen molar-refractivity contribution in [2.45, 2.75) is 44.8 Å². The fraction of sp³-hybridized carbons (Fsp3) is 0.611. The van der Waals surface area contributed by atoms with Crippen LogP contribution in [-0.4, -0.2) is 51.7 Å². The highest BCUT2D eigenvalue weighted by Crippen LogP contribution is 2.31. The molecule has 3 atom stereocenters. The number of carbonyl (C=O) groups is 2. The van der Waals surface area contributed by atoms with Gasteiger partial charge >= 0.3 is 0 Å². The molecule has 3 heterocycles. The number of likely N-dealkylation sites (tertiary alicyclic amines) is 1. The van der Waals surface area contributed by atoms with Crippen molar-refractivity contribution in [1.29, 1.82) is 0 Å². The molecule has 130 valence electrons. The van der Waals surface area contributed by atoms with E-state index < -0.39 is 0 Å². The van der Waals surface area contributed by atoms with Crippen molar-refractivity contribution in [3.63, 3.8) is 0 Å². The van der Waals surface area contributed by atoms with Crippen LogP contribution in [0.5, 0.6) is 0 Å². The summed E-state index contributed by atoms with van der Waals surface area (Å²) in [6.07, 6.45) is 6.05. The summed E-state index contributed by atoms with van der Waals surface area (Å²) in [6.45, 7) is 7.18. The van der Waals surface area contributed by atoms with Gasteiger partial charge in [-0.2, -0.15) is 5.10 Å². The Morgan fingerprint density at radius 1 is 1.42 bits per heavy atom. The second kappa shape index (κ2) is 6.89. The van der Waals surface area contributed by atoms with E-state index >= 15 is 0 Å². The second-order valence-corrected chi connectivity index (χ2v) is 6.89. The van der Waals surface area contributed by atoms with Gasteiger partial charge in [-0.15, -0.1) is 0 Å². The van der Waals surface area contributed by atoms with Gasteiger partial charge in [0, 0.05) is 38.9 Å². The number of carbonyl (C=O) groups excluding carboxylic acids is 2. The summed E-state index contributed by atoms with van der Waals surface area (Å²) >= 11 is 0. The summed E-state index contributed by atoms with van der Waals surface area (Å²) in [5, 5.41) is 4.05. The van der Waals surface area contributed by atoms with Crippen molar-refractivity contribution in [2.24, 2.45) is 13.0 Å². The number of nitrogens with zero attached hydrogens (tertiary/aromatic N) is 3. The van der Waals surface area contributed by atoms with E-state index in [0.29, 0.717) is 18.6 Å². The van der Waals surface area contributed by atoms with Crippen molar-refractivity contribution in [1.82, 2.24) is 14.7 Å². The van der Waals surface area contributed by atoms with E-state index in [1.807, 2.05) is 11.8 Å². The van der Waals surface area contributed by atoms with Crippen molar-refractivity contribution in [3.05, 3.63) is 30.1 Å². The Labute approximate surface area is 142 Å². The fourth-order valence-electron chi connectivity index (χ4n) is 3.78. The lowest BCUT2D eigenvalue weighted by molar-refractivity contribution is -0.137. The summed E-state index contributed by atoms with van der Waals surface area (Å²) in [5.74, 6) is 0.00510. The van der Waals surface area contributed by atoms with Crippen molar-refractivity contribution >= 4 is 11.7 Å². The molecule has 0 aliphatic carbocycles. The number of rotatable bonds is 5. The zero-order chi connectivity index (χ0) is 17.3. The number of aromatic nitrogens is 2. The molecule has 24 heavy (non-hydrogen) atoms. The lowest BCUT2D eigenvalue weighted by atomic mass is 9.94. The normalized spacial score (nSPS) is 26.8. The lowest BCUT2D eigenvalue weighted by Gasteiger charge is -2.29. The highest BCUT2D eigenvalue weighted by Gasteiger charge is 2.40. The first kappa shape index (κ1) is 16.9. The van der Waals surface area contributed by atoms with Crippen LogP contribution in [-0.2, 0) is 16.6 Å². The molecule has 2 fully saturated rings. The molecule has 0 radical (unpaired) electrons. The van der Waals surface area contributed by atoms with Crippen LogP contribution in [0.15, 0.2) is 24.5 Å². The molecule has 6 nitrogen and oxygen atoms in total. The maximum atomic E-state index is 13.0. The zero-order valence-corrected chi connectivity index (χ0v) is 14.4. The maximum absolute atomic E-state index is 13.0. The summed E-state index contributed by atoms with van der Waals surface area (Å²) in [6, 6.07) is -0.0171. The highest BCUT2D eigenvalue weighted by atomic mass is 16.5. The van der Waals surface area contributed by atoms with Gasteiger partial charge in [0.1, 0.15) is 0 Å². The Bertz CT molecular complexity index is 652. The minimum Gasteiger partial charge on any atom is -0.373 e. The molecule has 0 saturated carbocycles. The molecule has 1 amide bonds. The van der Waals surface area contributed by atoms with Gasteiger partial charge in [-0.3, -0.25) is 14.3 Å². The molecular weight excluding hydrogens is 306 g/mol. The van der Waals surface area contributed by atoms with Crippen LogP contribution in [0.2, 0.25) is 0 Å². The minimum absolute atomic E-state index is 0.0171. The summed E-state index contributed by atoms with van der Waals surface area (Å²) in [7, 11) is 1.79. The molecule has 0 bridgehead atoms. The summed E-state index contributed by atoms with van der Waals surface area (Å²) in [4.78, 5) is 27.3. The molecule has 0 spiro atoms. The molecule has 2 aliphatic heterocycles. The van der Waals surface area contributed by atoms with Gasteiger partial charge in [0.2, 0.25) is 5.91 Å². The average molecular weight is 331 g/mol. The van der Waals surface area contributed by atoms with E-state index in [-0.39, 0.29) is 29.8 Å². The van der Waals surface area contributed by atoms with Crippen LogP contribution in [0.4, 0.5) is 0 Å². The second-order valence-electron chi connectivity index (χ2n) is 6.89. The average Bonchev–Trinajstić information content (AvgIpc) is 3.26. The Kier molecular flexibility index (Phi) is 4.85. The smallest absolute Gasteiger partial charge is 0.229 e. The third-order valence-electron chi connectivity index (χ3n) is 5.00. The lowest BCUT2D eigenvalue weighted by Crippen LogP contribution is -2.43. The van der Waals surface area contributed by atoms with E-state index in [9.17, 15) is 9.59 Å². The van der Waals surface area contributed by atoms with Crippen LogP contribution in [0.1, 0.15) is 43.0 Å². The summed E-state index contributed by atoms with van der Waals surface area (Å²) < 4.78 is 7.29. The standard InChI is InChI=1S/C18H25N3O3/c1-12(2)17-15(6-8-24-17)18(23)21-7-4-5-14(21)9-16(22)13-10-19-20(3)11-13/h10-11,14-15,17H,1,4-9H2,2-3H3/t14?,15-,17-/m1/s1. The highest BCUT2D eigenvalue weighted by molar-refractivity contribution is 5.96. The molecule has 0 N–H and O–H groups in total. The van der Waals surface area contributed by atoms with Crippen LogP contribution in [0.3, 0.4) is 0 Å². The first-order chi connectivity index (χ1) is 11.5. The number of amides is 1. The quantitative estimate of drug-likeness (QED) is 0.611. The molecule has 3 rings (SSSR count). The minimum atomic E-state index is -0.187. The van der Waals surface area contributed by atoms with Crippen molar-refractivity contribution < 1.29 is 14.3 Å². The monoisotopic (exact) mass is 331 g/mol. The molecule has 2 aliphatic rings. The van der Waals surface area contributed by atoms with Gasteiger partial charge in [-0.05, 0) is 26.2 Å². The van der Waals surface area contributed by atoms with E-state index in [4.69, 9.17) is 4.74 Å². The van der Waals surface area contributed by atoms with Gasteiger partial charge in [0.05, 0.1) is 23.8 Å². The molecule has 1 aromatic rings. The number of hydrogen-bond donors (Lipinski definition) is 0. The van der Waals surface area contributed by atoms with Crippen LogP contribution < -0.4 is 0 Å². The molecule has 1 unspecified atom stereocenters. The van der Waals surface area contributed by atoms with E-state index in [1.54, 1.807) is 24.1 Å². The molecule has 1 aromatic heterocycles. The summed E-state index contributed by atoms with van der Waals surface area (Å²) in [5.41, 5.74) is 1.51. The Balaban J connectivity index is 1.67. The molecular formula is C18H25N3O3. The topological polar surface area (TPSA) is 64.4 Å². The molecule has 0 aromatic carbocycles. The van der Waals surface area contributed by atoms with Crippen LogP contribution in [0.25, 0.3) is 0 Å². The maximum Gasteiger partial charge on any atom is 0.229 e. The van der Waals surface area contributed by atoms with Crippen LogP contribution in [0, 0.1) is 5.92 Å². The van der Waals surface area contributed by atoms with Crippen molar-refractivity contribution in [2.75, 3.05) is 13.2 Å². The Morgan fingerprint density at radius 2 is 2.21 bits per heavy atom. The predicted octanol–water partition coefficient (Wildman–Crippen LogP) is 1.97.